The van der Waals surface area contributed by atoms with Crippen molar-refractivity contribution in [1.29, 1.82) is 0 Å². The van der Waals surface area contributed by atoms with E-state index in [1.807, 2.05) is 0 Å². The molecule has 2 aromatic carbocycles. The molecule has 0 saturated heterocycles. The van der Waals surface area contributed by atoms with E-state index in [2.05, 4.69) is 5.32 Å². The zero-order valence-corrected chi connectivity index (χ0v) is 13.2. The Kier molecular flexibility index (Phi) is 5.12. The average molecular weight is 347 g/mol. The third-order valence-electron chi connectivity index (χ3n) is 3.24. The Balaban J connectivity index is 2.38. The molecule has 1 amide bonds. The second kappa shape index (κ2) is 7.25. The van der Waals surface area contributed by atoms with Crippen LogP contribution in [0.25, 0.3) is 0 Å². The highest BCUT2D eigenvalue weighted by atomic mass is 16.6. The Labute approximate surface area is 141 Å². The number of amides is 1. The maximum absolute atomic E-state index is 12.3. The first-order valence-electron chi connectivity index (χ1n) is 6.83. The van der Waals surface area contributed by atoms with Gasteiger partial charge in [0.05, 0.1) is 41.4 Å². The van der Waals surface area contributed by atoms with Gasteiger partial charge in [-0.3, -0.25) is 25.0 Å². The van der Waals surface area contributed by atoms with Crippen LogP contribution in [0, 0.1) is 20.2 Å². The Bertz CT molecular complexity index is 819. The molecule has 0 radical (unpaired) electrons. The predicted octanol–water partition coefficient (Wildman–Crippen LogP) is 2.77. The molecular weight excluding hydrogens is 334 g/mol. The van der Waals surface area contributed by atoms with Gasteiger partial charge in [0.2, 0.25) is 0 Å². The quantitative estimate of drug-likeness (QED) is 0.627. The van der Waals surface area contributed by atoms with Crippen LogP contribution in [0.3, 0.4) is 0 Å². The lowest BCUT2D eigenvalue weighted by molar-refractivity contribution is -0.394. The molecule has 0 heterocycles. The van der Waals surface area contributed by atoms with Crippen molar-refractivity contribution in [1.82, 2.24) is 0 Å². The standard InChI is InChI=1S/C15H13N3O7/c1-24-12-3-4-13(14(8-12)25-2)16-15(19)9-5-10(17(20)21)7-11(6-9)18(22)23/h3-8H,1-2H3,(H,16,19). The Morgan fingerprint density at radius 3 is 2.04 bits per heavy atom. The van der Waals surface area contributed by atoms with Crippen LogP contribution in [0.1, 0.15) is 10.4 Å². The van der Waals surface area contributed by atoms with E-state index in [9.17, 15) is 25.0 Å². The van der Waals surface area contributed by atoms with E-state index >= 15 is 0 Å². The molecule has 2 aromatic rings. The minimum Gasteiger partial charge on any atom is -0.497 e. The molecule has 130 valence electrons. The number of anilines is 1. The van der Waals surface area contributed by atoms with Crippen molar-refractivity contribution >= 4 is 23.0 Å². The molecule has 0 unspecified atom stereocenters. The summed E-state index contributed by atoms with van der Waals surface area (Å²) in [6, 6.07) is 7.32. The van der Waals surface area contributed by atoms with Gasteiger partial charge in [0.15, 0.2) is 0 Å². The highest BCUT2D eigenvalue weighted by Gasteiger charge is 2.20. The molecule has 2 rings (SSSR count). The molecule has 0 aliphatic carbocycles. The van der Waals surface area contributed by atoms with Crippen molar-refractivity contribution in [3.05, 3.63) is 62.2 Å². The topological polar surface area (TPSA) is 134 Å². The molecule has 0 spiro atoms. The molecule has 0 saturated carbocycles. The van der Waals surface area contributed by atoms with E-state index in [4.69, 9.17) is 9.47 Å². The molecule has 10 heteroatoms. The third-order valence-corrected chi connectivity index (χ3v) is 3.24. The molecule has 0 aliphatic rings. The maximum Gasteiger partial charge on any atom is 0.277 e. The van der Waals surface area contributed by atoms with E-state index in [0.29, 0.717) is 11.5 Å². The Hall–Kier alpha value is -3.69. The fourth-order valence-electron chi connectivity index (χ4n) is 2.03. The van der Waals surface area contributed by atoms with Crippen LogP contribution in [-0.2, 0) is 0 Å². The molecule has 10 nitrogen and oxygen atoms in total. The lowest BCUT2D eigenvalue weighted by Crippen LogP contribution is -2.13. The largest absolute Gasteiger partial charge is 0.497 e. The summed E-state index contributed by atoms with van der Waals surface area (Å²) in [4.78, 5) is 32.5. The minimum absolute atomic E-state index is 0.223. The number of hydrogen-bond donors (Lipinski definition) is 1. The first-order chi connectivity index (χ1) is 11.8. The van der Waals surface area contributed by atoms with Gasteiger partial charge in [0, 0.05) is 18.2 Å². The summed E-state index contributed by atoms with van der Waals surface area (Å²) in [5.41, 5.74) is -1.05. The first kappa shape index (κ1) is 17.7. The number of nitro groups is 2. The van der Waals surface area contributed by atoms with Gasteiger partial charge < -0.3 is 14.8 Å². The van der Waals surface area contributed by atoms with Gasteiger partial charge in [-0.15, -0.1) is 0 Å². The smallest absolute Gasteiger partial charge is 0.277 e. The molecule has 1 N–H and O–H groups in total. The van der Waals surface area contributed by atoms with Crippen molar-refractivity contribution in [2.75, 3.05) is 19.5 Å². The SMILES string of the molecule is COc1ccc(NC(=O)c2cc([N+](=O)[O-])cc([N+](=O)[O-])c2)c(OC)c1. The molecular formula is C15H13N3O7. The zero-order valence-electron chi connectivity index (χ0n) is 13.2. The number of hydrogen-bond acceptors (Lipinski definition) is 7. The number of rotatable bonds is 6. The molecule has 0 bridgehead atoms. The number of methoxy groups -OCH3 is 2. The number of non-ortho nitro benzene ring substituents is 2. The lowest BCUT2D eigenvalue weighted by Gasteiger charge is -2.11. The number of nitrogens with one attached hydrogen (secondary N) is 1. The summed E-state index contributed by atoms with van der Waals surface area (Å²) in [5.74, 6) is 0.0451. The van der Waals surface area contributed by atoms with Gasteiger partial charge in [-0.1, -0.05) is 0 Å². The summed E-state index contributed by atoms with van der Waals surface area (Å²) in [7, 11) is 2.86. The highest BCUT2D eigenvalue weighted by molar-refractivity contribution is 6.05. The van der Waals surface area contributed by atoms with Crippen LogP contribution in [0.5, 0.6) is 11.5 Å². The van der Waals surface area contributed by atoms with E-state index < -0.39 is 27.1 Å². The van der Waals surface area contributed by atoms with Gasteiger partial charge in [-0.05, 0) is 12.1 Å². The van der Waals surface area contributed by atoms with Crippen LogP contribution >= 0.6 is 0 Å². The minimum atomic E-state index is -0.808. The second-order valence-electron chi connectivity index (χ2n) is 4.77. The van der Waals surface area contributed by atoms with Gasteiger partial charge in [0.1, 0.15) is 11.5 Å². The molecule has 25 heavy (non-hydrogen) atoms. The molecule has 0 atom stereocenters. The second-order valence-corrected chi connectivity index (χ2v) is 4.77. The predicted molar refractivity (Wildman–Crippen MR) is 87.2 cm³/mol. The van der Waals surface area contributed by atoms with E-state index in [1.165, 1.54) is 26.4 Å². The number of benzene rings is 2. The van der Waals surface area contributed by atoms with E-state index in [1.54, 1.807) is 6.07 Å². The van der Waals surface area contributed by atoms with Crippen molar-refractivity contribution in [2.24, 2.45) is 0 Å². The van der Waals surface area contributed by atoms with Crippen molar-refractivity contribution in [2.45, 2.75) is 0 Å². The summed E-state index contributed by atoms with van der Waals surface area (Å²) >= 11 is 0. The zero-order chi connectivity index (χ0) is 18.6. The van der Waals surface area contributed by atoms with Gasteiger partial charge >= 0.3 is 0 Å². The third kappa shape index (κ3) is 3.99. The van der Waals surface area contributed by atoms with Gasteiger partial charge in [0.25, 0.3) is 17.3 Å². The average Bonchev–Trinajstić information content (AvgIpc) is 2.61. The Morgan fingerprint density at radius 1 is 0.960 bits per heavy atom. The normalized spacial score (nSPS) is 10.0. The fraction of sp³-hybridized carbons (Fsp3) is 0.133. The monoisotopic (exact) mass is 347 g/mol. The van der Waals surface area contributed by atoms with E-state index in [-0.39, 0.29) is 11.3 Å². The van der Waals surface area contributed by atoms with Crippen LogP contribution in [0.2, 0.25) is 0 Å². The van der Waals surface area contributed by atoms with Crippen LogP contribution in [-0.4, -0.2) is 30.0 Å². The van der Waals surface area contributed by atoms with Gasteiger partial charge in [-0.25, -0.2) is 0 Å². The summed E-state index contributed by atoms with van der Waals surface area (Å²) < 4.78 is 10.2. The van der Waals surface area contributed by atoms with E-state index in [0.717, 1.165) is 18.2 Å². The molecule has 0 aliphatic heterocycles. The summed E-state index contributed by atoms with van der Waals surface area (Å²) in [6.45, 7) is 0. The number of carbonyl (C=O) groups excluding carboxylic acids is 1. The lowest BCUT2D eigenvalue weighted by atomic mass is 10.1. The van der Waals surface area contributed by atoms with Crippen molar-refractivity contribution in [3.63, 3.8) is 0 Å². The van der Waals surface area contributed by atoms with Crippen molar-refractivity contribution in [3.8, 4) is 11.5 Å². The van der Waals surface area contributed by atoms with Crippen LogP contribution < -0.4 is 14.8 Å². The summed E-state index contributed by atoms with van der Waals surface area (Å²) in [5, 5.41) is 24.3. The first-order valence-corrected chi connectivity index (χ1v) is 6.83. The number of ether oxygens (including phenoxy) is 2. The maximum atomic E-state index is 12.3. The number of nitrogens with zero attached hydrogens (tertiary/aromatic N) is 2. The van der Waals surface area contributed by atoms with Crippen LogP contribution in [0.15, 0.2) is 36.4 Å². The van der Waals surface area contributed by atoms with Gasteiger partial charge in [-0.2, -0.15) is 0 Å². The molecule has 0 aromatic heterocycles. The number of nitro benzene ring substituents is 2. The fourth-order valence-corrected chi connectivity index (χ4v) is 2.03. The molecule has 0 fully saturated rings. The number of carbonyl (C=O) groups is 1. The Morgan fingerprint density at radius 2 is 1.56 bits per heavy atom. The van der Waals surface area contributed by atoms with Crippen molar-refractivity contribution < 1.29 is 24.1 Å². The van der Waals surface area contributed by atoms with Crippen LogP contribution in [0.4, 0.5) is 17.1 Å². The summed E-state index contributed by atoms with van der Waals surface area (Å²) in [6.07, 6.45) is 0. The highest BCUT2D eigenvalue weighted by Crippen LogP contribution is 2.30.